The predicted molar refractivity (Wildman–Crippen MR) is 70.1 cm³/mol. The van der Waals surface area contributed by atoms with Crippen molar-refractivity contribution in [2.45, 2.75) is 25.8 Å². The Balaban J connectivity index is 2.17. The molecular formula is C13H13ClFN3. The Morgan fingerprint density at radius 1 is 1.44 bits per heavy atom. The number of halogens is 2. The van der Waals surface area contributed by atoms with Gasteiger partial charge in [-0.2, -0.15) is 0 Å². The second kappa shape index (κ2) is 3.99. The molecule has 0 aliphatic heterocycles. The highest BCUT2D eigenvalue weighted by Crippen LogP contribution is 2.41. The monoisotopic (exact) mass is 265 g/mol. The van der Waals surface area contributed by atoms with Gasteiger partial charge in [0.2, 0.25) is 0 Å². The highest BCUT2D eigenvalue weighted by Gasteiger charge is 2.29. The summed E-state index contributed by atoms with van der Waals surface area (Å²) in [5.74, 6) is 0.993. The SMILES string of the molecule is Cc1nc(-c2cc(Cl)ccc2F)c(N)n1C1CC1. The van der Waals surface area contributed by atoms with E-state index in [0.29, 0.717) is 28.1 Å². The number of imidazole rings is 1. The van der Waals surface area contributed by atoms with Crippen LogP contribution in [0.15, 0.2) is 18.2 Å². The topological polar surface area (TPSA) is 43.8 Å². The van der Waals surface area contributed by atoms with E-state index in [9.17, 15) is 4.39 Å². The van der Waals surface area contributed by atoms with Crippen molar-refractivity contribution in [1.29, 1.82) is 0 Å². The fraction of sp³-hybridized carbons (Fsp3) is 0.308. The van der Waals surface area contributed by atoms with Crippen LogP contribution in [0.1, 0.15) is 24.7 Å². The lowest BCUT2D eigenvalue weighted by Crippen LogP contribution is -2.02. The molecule has 1 aliphatic rings. The van der Waals surface area contributed by atoms with Crippen molar-refractivity contribution in [1.82, 2.24) is 9.55 Å². The van der Waals surface area contributed by atoms with E-state index >= 15 is 0 Å². The first kappa shape index (κ1) is 11.5. The van der Waals surface area contributed by atoms with Gasteiger partial charge in [-0.25, -0.2) is 9.37 Å². The van der Waals surface area contributed by atoms with E-state index in [1.165, 1.54) is 12.1 Å². The summed E-state index contributed by atoms with van der Waals surface area (Å²) in [7, 11) is 0. The zero-order chi connectivity index (χ0) is 12.9. The molecule has 0 saturated heterocycles. The second-order valence-corrected chi connectivity index (χ2v) is 5.05. The third kappa shape index (κ3) is 1.77. The van der Waals surface area contributed by atoms with E-state index in [4.69, 9.17) is 17.3 Å². The summed E-state index contributed by atoms with van der Waals surface area (Å²) >= 11 is 5.90. The van der Waals surface area contributed by atoms with Crippen LogP contribution in [-0.4, -0.2) is 9.55 Å². The molecule has 1 aromatic heterocycles. The fourth-order valence-corrected chi connectivity index (χ4v) is 2.40. The number of aryl methyl sites for hydroxylation is 1. The summed E-state index contributed by atoms with van der Waals surface area (Å²) in [5.41, 5.74) is 6.94. The molecule has 3 nitrogen and oxygen atoms in total. The molecule has 1 heterocycles. The van der Waals surface area contributed by atoms with Crippen molar-refractivity contribution in [2.24, 2.45) is 0 Å². The van der Waals surface area contributed by atoms with E-state index < -0.39 is 0 Å². The Kier molecular flexibility index (Phi) is 2.55. The Morgan fingerprint density at radius 3 is 2.83 bits per heavy atom. The van der Waals surface area contributed by atoms with Gasteiger partial charge in [-0.3, -0.25) is 0 Å². The Hall–Kier alpha value is -1.55. The number of benzene rings is 1. The molecule has 0 unspecified atom stereocenters. The normalized spacial score (nSPS) is 15.1. The summed E-state index contributed by atoms with van der Waals surface area (Å²) in [4.78, 5) is 4.38. The van der Waals surface area contributed by atoms with Crippen molar-refractivity contribution in [3.05, 3.63) is 34.9 Å². The lowest BCUT2D eigenvalue weighted by atomic mass is 10.1. The van der Waals surface area contributed by atoms with E-state index in [0.717, 1.165) is 18.7 Å². The molecular weight excluding hydrogens is 253 g/mol. The minimum absolute atomic E-state index is 0.355. The molecule has 2 aromatic rings. The number of nitrogens with zero attached hydrogens (tertiary/aromatic N) is 2. The molecule has 2 N–H and O–H groups in total. The maximum absolute atomic E-state index is 13.8. The Morgan fingerprint density at radius 2 is 2.17 bits per heavy atom. The van der Waals surface area contributed by atoms with Crippen molar-refractivity contribution in [3.8, 4) is 11.3 Å². The largest absolute Gasteiger partial charge is 0.383 e. The van der Waals surface area contributed by atoms with Gasteiger partial charge in [0.05, 0.1) is 0 Å². The Bertz CT molecular complexity index is 617. The highest BCUT2D eigenvalue weighted by atomic mass is 35.5. The van der Waals surface area contributed by atoms with Crippen LogP contribution in [0, 0.1) is 12.7 Å². The van der Waals surface area contributed by atoms with Crippen LogP contribution in [0.4, 0.5) is 10.2 Å². The average Bonchev–Trinajstić information content (AvgIpc) is 3.10. The fourth-order valence-electron chi connectivity index (χ4n) is 2.23. The molecule has 1 fully saturated rings. The number of nitrogens with two attached hydrogens (primary N) is 1. The molecule has 0 atom stereocenters. The summed E-state index contributed by atoms with van der Waals surface area (Å²) < 4.78 is 15.8. The first-order valence-corrected chi connectivity index (χ1v) is 6.25. The first-order valence-electron chi connectivity index (χ1n) is 5.87. The van der Waals surface area contributed by atoms with Gasteiger partial charge in [-0.05, 0) is 38.0 Å². The minimum Gasteiger partial charge on any atom is -0.383 e. The van der Waals surface area contributed by atoms with E-state index in [2.05, 4.69) is 4.98 Å². The molecule has 1 saturated carbocycles. The van der Waals surface area contributed by atoms with Crippen molar-refractivity contribution in [3.63, 3.8) is 0 Å². The van der Waals surface area contributed by atoms with Gasteiger partial charge in [-0.1, -0.05) is 11.6 Å². The molecule has 3 rings (SSSR count). The van der Waals surface area contributed by atoms with Crippen LogP contribution in [0.25, 0.3) is 11.3 Å². The maximum atomic E-state index is 13.8. The summed E-state index contributed by atoms with van der Waals surface area (Å²) in [5, 5.41) is 0.476. The lowest BCUT2D eigenvalue weighted by Gasteiger charge is -2.06. The average molecular weight is 266 g/mol. The zero-order valence-electron chi connectivity index (χ0n) is 9.95. The molecule has 0 amide bonds. The summed E-state index contributed by atoms with van der Waals surface area (Å²) in [6.07, 6.45) is 2.22. The zero-order valence-corrected chi connectivity index (χ0v) is 10.7. The molecule has 94 valence electrons. The summed E-state index contributed by atoms with van der Waals surface area (Å²) in [6.45, 7) is 1.89. The molecule has 1 aliphatic carbocycles. The van der Waals surface area contributed by atoms with Crippen molar-refractivity contribution < 1.29 is 4.39 Å². The smallest absolute Gasteiger partial charge is 0.132 e. The number of hydrogen-bond donors (Lipinski definition) is 1. The third-order valence-electron chi connectivity index (χ3n) is 3.22. The summed E-state index contributed by atoms with van der Waals surface area (Å²) in [6, 6.07) is 4.84. The molecule has 0 spiro atoms. The third-order valence-corrected chi connectivity index (χ3v) is 3.46. The molecule has 0 bridgehead atoms. The number of anilines is 1. The van der Waals surface area contributed by atoms with Gasteiger partial charge in [-0.15, -0.1) is 0 Å². The van der Waals surface area contributed by atoms with Crippen LogP contribution in [0.2, 0.25) is 5.02 Å². The molecule has 1 aromatic carbocycles. The van der Waals surface area contributed by atoms with E-state index in [-0.39, 0.29) is 5.82 Å². The Labute approximate surface area is 109 Å². The molecule has 0 radical (unpaired) electrons. The van der Waals surface area contributed by atoms with Gasteiger partial charge in [0.1, 0.15) is 23.2 Å². The van der Waals surface area contributed by atoms with Gasteiger partial charge >= 0.3 is 0 Å². The number of hydrogen-bond acceptors (Lipinski definition) is 2. The van der Waals surface area contributed by atoms with Crippen molar-refractivity contribution >= 4 is 17.4 Å². The van der Waals surface area contributed by atoms with E-state index in [1.54, 1.807) is 6.07 Å². The van der Waals surface area contributed by atoms with Gasteiger partial charge in [0, 0.05) is 16.6 Å². The van der Waals surface area contributed by atoms with Crippen molar-refractivity contribution in [2.75, 3.05) is 5.73 Å². The predicted octanol–water partition coefficient (Wildman–Crippen LogP) is 3.57. The second-order valence-electron chi connectivity index (χ2n) is 4.62. The van der Waals surface area contributed by atoms with Crippen LogP contribution in [0.3, 0.4) is 0 Å². The minimum atomic E-state index is -0.355. The lowest BCUT2D eigenvalue weighted by molar-refractivity contribution is 0.631. The quantitative estimate of drug-likeness (QED) is 0.902. The van der Waals surface area contributed by atoms with Crippen LogP contribution >= 0.6 is 11.6 Å². The number of nitrogen functional groups attached to an aromatic ring is 1. The molecule has 5 heteroatoms. The van der Waals surface area contributed by atoms with Crippen LogP contribution in [0.5, 0.6) is 0 Å². The van der Waals surface area contributed by atoms with Gasteiger partial charge in [0.25, 0.3) is 0 Å². The first-order chi connectivity index (χ1) is 8.58. The highest BCUT2D eigenvalue weighted by molar-refractivity contribution is 6.30. The van der Waals surface area contributed by atoms with Crippen LogP contribution < -0.4 is 5.73 Å². The van der Waals surface area contributed by atoms with Crippen LogP contribution in [-0.2, 0) is 0 Å². The van der Waals surface area contributed by atoms with Gasteiger partial charge in [0.15, 0.2) is 0 Å². The standard InChI is InChI=1S/C13H13ClFN3/c1-7-17-12(13(16)18(7)9-3-4-9)10-6-8(14)2-5-11(10)15/h2,5-6,9H,3-4,16H2,1H3. The molecule has 18 heavy (non-hydrogen) atoms. The number of aromatic nitrogens is 2. The van der Waals surface area contributed by atoms with E-state index in [1.807, 2.05) is 11.5 Å². The number of rotatable bonds is 2. The van der Waals surface area contributed by atoms with Gasteiger partial charge < -0.3 is 10.3 Å². The maximum Gasteiger partial charge on any atom is 0.132 e.